The lowest BCUT2D eigenvalue weighted by Crippen LogP contribution is -2.34. The van der Waals surface area contributed by atoms with Crippen molar-refractivity contribution in [2.24, 2.45) is 11.3 Å². The third kappa shape index (κ3) is 2.75. The highest BCUT2D eigenvalue weighted by molar-refractivity contribution is 5.49. The molecular formula is C23H27FN2O2. The van der Waals surface area contributed by atoms with Crippen molar-refractivity contribution in [2.45, 2.75) is 57.5 Å². The zero-order valence-corrected chi connectivity index (χ0v) is 16.2. The first kappa shape index (κ1) is 18.1. The van der Waals surface area contributed by atoms with Crippen molar-refractivity contribution in [3.05, 3.63) is 58.7 Å². The Morgan fingerprint density at radius 1 is 1.29 bits per heavy atom. The Bertz CT molecular complexity index is 929. The van der Waals surface area contributed by atoms with Gasteiger partial charge in [-0.05, 0) is 62.3 Å². The van der Waals surface area contributed by atoms with Gasteiger partial charge in [-0.1, -0.05) is 18.1 Å². The van der Waals surface area contributed by atoms with Crippen molar-refractivity contribution < 1.29 is 14.6 Å². The highest BCUT2D eigenvalue weighted by atomic mass is 19.1. The molecule has 1 aromatic heterocycles. The zero-order valence-electron chi connectivity index (χ0n) is 16.2. The fourth-order valence-corrected chi connectivity index (χ4v) is 5.56. The molecule has 148 valence electrons. The number of allylic oxidation sites excluding steroid dienone is 1. The molecule has 28 heavy (non-hydrogen) atoms. The van der Waals surface area contributed by atoms with Gasteiger partial charge in [-0.2, -0.15) is 5.10 Å². The molecule has 1 fully saturated rings. The maximum atomic E-state index is 13.3. The second-order valence-corrected chi connectivity index (χ2v) is 8.90. The SMILES string of the molecule is C[C@H]1C2=C(CC[C@]2(CO)CC(O)C2CC2)Cc2c1cnn2-c1ccc(F)cc1. The normalized spacial score (nSPS) is 27.6. The number of nitrogens with zero attached hydrogens (tertiary/aromatic N) is 2. The summed E-state index contributed by atoms with van der Waals surface area (Å²) in [6.45, 7) is 2.30. The first-order chi connectivity index (χ1) is 13.5. The van der Waals surface area contributed by atoms with E-state index in [-0.39, 0.29) is 29.9 Å². The molecule has 3 atom stereocenters. The Hall–Kier alpha value is -1.98. The van der Waals surface area contributed by atoms with Crippen molar-refractivity contribution in [3.63, 3.8) is 0 Å². The zero-order chi connectivity index (χ0) is 19.5. The number of aromatic nitrogens is 2. The lowest BCUT2D eigenvalue weighted by atomic mass is 9.69. The summed E-state index contributed by atoms with van der Waals surface area (Å²) in [5.41, 5.74) is 5.64. The average molecular weight is 382 g/mol. The van der Waals surface area contributed by atoms with Gasteiger partial charge in [-0.3, -0.25) is 0 Å². The van der Waals surface area contributed by atoms with Crippen molar-refractivity contribution >= 4 is 0 Å². The minimum Gasteiger partial charge on any atom is -0.395 e. The molecule has 0 amide bonds. The van der Waals surface area contributed by atoms with Gasteiger partial charge in [0, 0.05) is 23.3 Å². The number of aliphatic hydroxyl groups is 2. The summed E-state index contributed by atoms with van der Waals surface area (Å²) in [6.07, 6.45) is 7.19. The molecule has 0 radical (unpaired) electrons. The third-order valence-electron chi connectivity index (χ3n) is 7.18. The Balaban J connectivity index is 1.50. The first-order valence-electron chi connectivity index (χ1n) is 10.4. The standard InChI is InChI=1S/C23H27FN2O2/c1-14-19-12-25-26(18-6-4-17(24)5-7-18)20(19)10-16-8-9-23(13-27,22(14)16)11-21(28)15-2-3-15/h4-7,12,14-15,21,27-28H,2-3,8-11,13H2,1H3/t14-,21?,23-/m1/s1. The number of benzene rings is 1. The Morgan fingerprint density at radius 2 is 2.04 bits per heavy atom. The second-order valence-electron chi connectivity index (χ2n) is 8.90. The molecule has 1 aromatic carbocycles. The summed E-state index contributed by atoms with van der Waals surface area (Å²) in [7, 11) is 0. The summed E-state index contributed by atoms with van der Waals surface area (Å²) in [5.74, 6) is 0.346. The Labute approximate surface area is 164 Å². The monoisotopic (exact) mass is 382 g/mol. The molecule has 2 aromatic rings. The molecule has 4 nitrogen and oxygen atoms in total. The number of hydrogen-bond acceptors (Lipinski definition) is 3. The van der Waals surface area contributed by atoms with Crippen molar-refractivity contribution in [1.29, 1.82) is 0 Å². The van der Waals surface area contributed by atoms with Crippen LogP contribution in [0.2, 0.25) is 0 Å². The van der Waals surface area contributed by atoms with Gasteiger partial charge in [-0.15, -0.1) is 0 Å². The van der Waals surface area contributed by atoms with Crippen LogP contribution in [0.1, 0.15) is 56.2 Å². The lowest BCUT2D eigenvalue weighted by molar-refractivity contribution is 0.0576. The highest BCUT2D eigenvalue weighted by Crippen LogP contribution is 2.56. The molecule has 0 saturated heterocycles. The third-order valence-corrected chi connectivity index (χ3v) is 7.18. The number of fused-ring (bicyclic) bond motifs is 1. The molecule has 5 heteroatoms. The van der Waals surface area contributed by atoms with Gasteiger partial charge < -0.3 is 10.2 Å². The molecule has 1 heterocycles. The van der Waals surface area contributed by atoms with Gasteiger partial charge in [0.25, 0.3) is 0 Å². The summed E-state index contributed by atoms with van der Waals surface area (Å²) in [4.78, 5) is 0. The van der Waals surface area contributed by atoms with E-state index < -0.39 is 0 Å². The van der Waals surface area contributed by atoms with Crippen LogP contribution >= 0.6 is 0 Å². The van der Waals surface area contributed by atoms with Gasteiger partial charge in [0.2, 0.25) is 0 Å². The second kappa shape index (κ2) is 6.53. The summed E-state index contributed by atoms with van der Waals surface area (Å²) in [5, 5.41) is 25.6. The molecule has 5 rings (SSSR count). The van der Waals surface area contributed by atoms with Gasteiger partial charge >= 0.3 is 0 Å². The van der Waals surface area contributed by atoms with Crippen LogP contribution in [0, 0.1) is 17.2 Å². The quantitative estimate of drug-likeness (QED) is 0.771. The molecule has 0 aliphatic heterocycles. The van der Waals surface area contributed by atoms with Crippen LogP contribution in [0.3, 0.4) is 0 Å². The number of halogens is 1. The fraction of sp³-hybridized carbons (Fsp3) is 0.522. The van der Waals surface area contributed by atoms with E-state index in [2.05, 4.69) is 12.0 Å². The molecule has 3 aliphatic rings. The molecule has 1 unspecified atom stereocenters. The van der Waals surface area contributed by atoms with E-state index in [1.165, 1.54) is 28.8 Å². The molecule has 0 spiro atoms. The smallest absolute Gasteiger partial charge is 0.123 e. The molecule has 0 bridgehead atoms. The predicted octanol–water partition coefficient (Wildman–Crippen LogP) is 3.90. The topological polar surface area (TPSA) is 58.3 Å². The van der Waals surface area contributed by atoms with Gasteiger partial charge in [0.05, 0.1) is 30.3 Å². The molecule has 2 N–H and O–H groups in total. The van der Waals surface area contributed by atoms with Gasteiger partial charge in [-0.25, -0.2) is 9.07 Å². The van der Waals surface area contributed by atoms with E-state index in [1.54, 1.807) is 12.1 Å². The maximum Gasteiger partial charge on any atom is 0.123 e. The van der Waals surface area contributed by atoms with Crippen LogP contribution in [0.5, 0.6) is 0 Å². The minimum absolute atomic E-state index is 0.0986. The van der Waals surface area contributed by atoms with E-state index in [9.17, 15) is 14.6 Å². The van der Waals surface area contributed by atoms with Crippen LogP contribution in [0.25, 0.3) is 5.69 Å². The highest BCUT2D eigenvalue weighted by Gasteiger charge is 2.48. The van der Waals surface area contributed by atoms with Crippen molar-refractivity contribution in [2.75, 3.05) is 6.61 Å². The molecule has 3 aliphatic carbocycles. The Morgan fingerprint density at radius 3 is 2.71 bits per heavy atom. The summed E-state index contributed by atoms with van der Waals surface area (Å²) in [6, 6.07) is 6.45. The fourth-order valence-electron chi connectivity index (χ4n) is 5.56. The maximum absolute atomic E-state index is 13.3. The minimum atomic E-state index is -0.311. The number of aliphatic hydroxyl groups excluding tert-OH is 2. The Kier molecular flexibility index (Phi) is 4.21. The van der Waals surface area contributed by atoms with Crippen LogP contribution in [-0.2, 0) is 6.42 Å². The van der Waals surface area contributed by atoms with E-state index >= 15 is 0 Å². The molecule has 1 saturated carbocycles. The van der Waals surface area contributed by atoms with E-state index in [0.29, 0.717) is 12.3 Å². The van der Waals surface area contributed by atoms with Gasteiger partial charge in [0.1, 0.15) is 5.82 Å². The van der Waals surface area contributed by atoms with E-state index in [0.717, 1.165) is 43.5 Å². The first-order valence-corrected chi connectivity index (χ1v) is 10.4. The van der Waals surface area contributed by atoms with Crippen LogP contribution in [0.4, 0.5) is 4.39 Å². The summed E-state index contributed by atoms with van der Waals surface area (Å²) >= 11 is 0. The van der Waals surface area contributed by atoms with E-state index in [1.807, 2.05) is 10.9 Å². The average Bonchev–Trinajstić information content (AvgIpc) is 3.37. The van der Waals surface area contributed by atoms with Crippen LogP contribution in [0.15, 0.2) is 41.6 Å². The summed E-state index contributed by atoms with van der Waals surface area (Å²) < 4.78 is 15.2. The van der Waals surface area contributed by atoms with Crippen LogP contribution < -0.4 is 0 Å². The number of rotatable bonds is 5. The molecular weight excluding hydrogens is 355 g/mol. The van der Waals surface area contributed by atoms with E-state index in [4.69, 9.17) is 0 Å². The van der Waals surface area contributed by atoms with Crippen molar-refractivity contribution in [1.82, 2.24) is 9.78 Å². The van der Waals surface area contributed by atoms with Crippen molar-refractivity contribution in [3.8, 4) is 5.69 Å². The van der Waals surface area contributed by atoms with Gasteiger partial charge in [0.15, 0.2) is 0 Å². The lowest BCUT2D eigenvalue weighted by Gasteiger charge is -2.37. The largest absolute Gasteiger partial charge is 0.395 e. The predicted molar refractivity (Wildman–Crippen MR) is 105 cm³/mol. The number of hydrogen-bond donors (Lipinski definition) is 2. The van der Waals surface area contributed by atoms with Crippen LogP contribution in [-0.4, -0.2) is 32.7 Å².